The quantitative estimate of drug-likeness (QED) is 0.330. The minimum Gasteiger partial charge on any atom is -0.352 e. The Labute approximate surface area is 212 Å². The highest BCUT2D eigenvalue weighted by atomic mass is 79.9. The second-order valence-corrected chi connectivity index (χ2v) is 10.0. The SMILES string of the molecule is O=C(NCc1ccccc1Cl)[C@H]1CCCN(Cc2nc3ccccc3n2-c2cccc(Br)c2)C1. The van der Waals surface area contributed by atoms with Gasteiger partial charge in [-0.2, -0.15) is 0 Å². The van der Waals surface area contributed by atoms with Crippen LogP contribution in [0.25, 0.3) is 16.7 Å². The summed E-state index contributed by atoms with van der Waals surface area (Å²) in [7, 11) is 0. The number of piperidine rings is 1. The van der Waals surface area contributed by atoms with Crippen LogP contribution >= 0.6 is 27.5 Å². The average Bonchev–Trinajstić information content (AvgIpc) is 3.21. The van der Waals surface area contributed by atoms with E-state index in [0.29, 0.717) is 18.1 Å². The molecule has 0 unspecified atom stereocenters. The number of likely N-dealkylation sites (tertiary alicyclic amines) is 1. The number of amides is 1. The Morgan fingerprint density at radius 1 is 1.09 bits per heavy atom. The Balaban J connectivity index is 1.33. The molecule has 1 aliphatic heterocycles. The number of para-hydroxylation sites is 2. The molecule has 3 aromatic carbocycles. The number of hydrogen-bond donors (Lipinski definition) is 1. The summed E-state index contributed by atoms with van der Waals surface area (Å²) in [4.78, 5) is 20.2. The highest BCUT2D eigenvalue weighted by molar-refractivity contribution is 9.10. The van der Waals surface area contributed by atoms with Gasteiger partial charge in [0.05, 0.1) is 23.5 Å². The van der Waals surface area contributed by atoms with Gasteiger partial charge in [-0.1, -0.05) is 63.9 Å². The molecular weight excluding hydrogens is 512 g/mol. The van der Waals surface area contributed by atoms with E-state index in [0.717, 1.165) is 58.5 Å². The normalized spacial score (nSPS) is 16.6. The Bertz CT molecular complexity index is 1320. The molecule has 1 atom stereocenters. The van der Waals surface area contributed by atoms with Gasteiger partial charge >= 0.3 is 0 Å². The molecule has 1 amide bonds. The third-order valence-electron chi connectivity index (χ3n) is 6.35. The highest BCUT2D eigenvalue weighted by Gasteiger charge is 2.27. The number of nitrogens with one attached hydrogen (secondary N) is 1. The maximum absolute atomic E-state index is 12.9. The van der Waals surface area contributed by atoms with Crippen LogP contribution < -0.4 is 5.32 Å². The van der Waals surface area contributed by atoms with Gasteiger partial charge in [0.15, 0.2) is 0 Å². The Hall–Kier alpha value is -2.67. The van der Waals surface area contributed by atoms with Crippen LogP contribution in [0.3, 0.4) is 0 Å². The summed E-state index contributed by atoms with van der Waals surface area (Å²) in [5.41, 5.74) is 4.07. The number of imidazole rings is 1. The van der Waals surface area contributed by atoms with Crippen molar-refractivity contribution < 1.29 is 4.79 Å². The van der Waals surface area contributed by atoms with Crippen molar-refractivity contribution in [2.75, 3.05) is 13.1 Å². The van der Waals surface area contributed by atoms with Crippen molar-refractivity contribution in [3.8, 4) is 5.69 Å². The predicted molar refractivity (Wildman–Crippen MR) is 140 cm³/mol. The number of nitrogens with zero attached hydrogens (tertiary/aromatic N) is 3. The topological polar surface area (TPSA) is 50.2 Å². The van der Waals surface area contributed by atoms with Crippen molar-refractivity contribution in [2.24, 2.45) is 5.92 Å². The first-order valence-electron chi connectivity index (χ1n) is 11.5. The van der Waals surface area contributed by atoms with E-state index >= 15 is 0 Å². The zero-order chi connectivity index (χ0) is 23.5. The third-order valence-corrected chi connectivity index (χ3v) is 7.21. The van der Waals surface area contributed by atoms with Crippen LogP contribution in [-0.4, -0.2) is 33.4 Å². The Morgan fingerprint density at radius 3 is 2.76 bits per heavy atom. The summed E-state index contributed by atoms with van der Waals surface area (Å²) in [6.07, 6.45) is 1.88. The highest BCUT2D eigenvalue weighted by Crippen LogP contribution is 2.26. The second kappa shape index (κ2) is 10.3. The summed E-state index contributed by atoms with van der Waals surface area (Å²) in [5, 5.41) is 3.76. The average molecular weight is 538 g/mol. The molecule has 34 heavy (non-hydrogen) atoms. The number of carbonyl (C=O) groups is 1. The number of halogens is 2. The molecule has 5 nitrogen and oxygen atoms in total. The van der Waals surface area contributed by atoms with Gasteiger partial charge in [-0.3, -0.25) is 14.3 Å². The fraction of sp³-hybridized carbons (Fsp3) is 0.259. The van der Waals surface area contributed by atoms with Crippen LogP contribution in [0.5, 0.6) is 0 Å². The molecule has 4 aromatic rings. The van der Waals surface area contributed by atoms with Crippen molar-refractivity contribution in [3.63, 3.8) is 0 Å². The van der Waals surface area contributed by atoms with Gasteiger partial charge in [-0.25, -0.2) is 4.98 Å². The van der Waals surface area contributed by atoms with E-state index in [1.807, 2.05) is 48.5 Å². The van der Waals surface area contributed by atoms with Gasteiger partial charge in [0.25, 0.3) is 0 Å². The maximum Gasteiger partial charge on any atom is 0.224 e. The lowest BCUT2D eigenvalue weighted by Gasteiger charge is -2.31. The summed E-state index contributed by atoms with van der Waals surface area (Å²) in [6, 6.07) is 24.1. The van der Waals surface area contributed by atoms with Crippen molar-refractivity contribution in [3.05, 3.63) is 93.7 Å². The molecule has 1 aromatic heterocycles. The fourth-order valence-electron chi connectivity index (χ4n) is 4.67. The van der Waals surface area contributed by atoms with Crippen LogP contribution in [0.1, 0.15) is 24.2 Å². The summed E-state index contributed by atoms with van der Waals surface area (Å²) < 4.78 is 3.25. The lowest BCUT2D eigenvalue weighted by molar-refractivity contribution is -0.127. The van der Waals surface area contributed by atoms with E-state index in [1.165, 1.54) is 0 Å². The molecule has 0 radical (unpaired) electrons. The molecule has 1 aliphatic rings. The number of benzene rings is 3. The summed E-state index contributed by atoms with van der Waals surface area (Å²) >= 11 is 9.84. The number of rotatable bonds is 6. The van der Waals surface area contributed by atoms with Crippen LogP contribution in [0.2, 0.25) is 5.02 Å². The van der Waals surface area contributed by atoms with Crippen LogP contribution in [0, 0.1) is 5.92 Å². The van der Waals surface area contributed by atoms with Crippen LogP contribution in [0.4, 0.5) is 0 Å². The van der Waals surface area contributed by atoms with Gasteiger partial charge < -0.3 is 5.32 Å². The molecule has 0 spiro atoms. The van der Waals surface area contributed by atoms with Crippen molar-refractivity contribution >= 4 is 44.5 Å². The molecule has 5 rings (SSSR count). The van der Waals surface area contributed by atoms with Crippen LogP contribution in [0.15, 0.2) is 77.3 Å². The van der Waals surface area contributed by atoms with E-state index in [1.54, 1.807) is 0 Å². The molecular formula is C27H26BrClN4O. The van der Waals surface area contributed by atoms with Gasteiger partial charge in [0.2, 0.25) is 5.91 Å². The first kappa shape index (κ1) is 23.1. The van der Waals surface area contributed by atoms with Crippen molar-refractivity contribution in [1.82, 2.24) is 19.8 Å². The predicted octanol–water partition coefficient (Wildman–Crippen LogP) is 5.97. The van der Waals surface area contributed by atoms with Crippen LogP contribution in [-0.2, 0) is 17.9 Å². The Morgan fingerprint density at radius 2 is 1.91 bits per heavy atom. The Kier molecular flexibility index (Phi) is 6.99. The molecule has 1 saturated heterocycles. The monoisotopic (exact) mass is 536 g/mol. The van der Waals surface area contributed by atoms with Gasteiger partial charge in [-0.15, -0.1) is 0 Å². The summed E-state index contributed by atoms with van der Waals surface area (Å²) in [5.74, 6) is 1.03. The molecule has 0 bridgehead atoms. The first-order chi connectivity index (χ1) is 16.6. The van der Waals surface area contributed by atoms with Gasteiger partial charge in [0.1, 0.15) is 5.82 Å². The molecule has 1 N–H and O–H groups in total. The zero-order valence-electron chi connectivity index (χ0n) is 18.8. The van der Waals surface area contributed by atoms with Gasteiger partial charge in [0, 0.05) is 28.3 Å². The minimum atomic E-state index is -0.0417. The lowest BCUT2D eigenvalue weighted by Crippen LogP contribution is -2.42. The maximum atomic E-state index is 12.9. The van der Waals surface area contributed by atoms with E-state index < -0.39 is 0 Å². The number of carbonyl (C=O) groups excluding carboxylic acids is 1. The van der Waals surface area contributed by atoms with E-state index in [2.05, 4.69) is 55.0 Å². The fourth-order valence-corrected chi connectivity index (χ4v) is 5.26. The molecule has 1 fully saturated rings. The largest absolute Gasteiger partial charge is 0.352 e. The second-order valence-electron chi connectivity index (χ2n) is 8.72. The first-order valence-corrected chi connectivity index (χ1v) is 12.7. The molecule has 0 aliphatic carbocycles. The third kappa shape index (κ3) is 5.04. The molecule has 7 heteroatoms. The number of hydrogen-bond acceptors (Lipinski definition) is 3. The molecule has 174 valence electrons. The lowest BCUT2D eigenvalue weighted by atomic mass is 9.97. The van der Waals surface area contributed by atoms with Crippen molar-refractivity contribution in [2.45, 2.75) is 25.9 Å². The van der Waals surface area contributed by atoms with E-state index in [9.17, 15) is 4.79 Å². The number of fused-ring (bicyclic) bond motifs is 1. The molecule has 2 heterocycles. The minimum absolute atomic E-state index is 0.0417. The molecule has 0 saturated carbocycles. The standard InChI is InChI=1S/C27H26BrClN4O/c28-21-9-5-10-22(15-21)33-25-13-4-3-12-24(25)31-26(33)18-32-14-6-8-20(17-32)27(34)30-16-19-7-1-2-11-23(19)29/h1-5,7,9-13,15,20H,6,8,14,16-18H2,(H,30,34)/t20-/m0/s1. The van der Waals surface area contributed by atoms with E-state index in [-0.39, 0.29) is 11.8 Å². The number of aromatic nitrogens is 2. The van der Waals surface area contributed by atoms with Crippen molar-refractivity contribution in [1.29, 1.82) is 0 Å². The summed E-state index contributed by atoms with van der Waals surface area (Å²) in [6.45, 7) is 2.81. The van der Waals surface area contributed by atoms with Gasteiger partial charge in [-0.05, 0) is 61.3 Å². The smallest absolute Gasteiger partial charge is 0.224 e. The zero-order valence-corrected chi connectivity index (χ0v) is 21.1. The van der Waals surface area contributed by atoms with E-state index in [4.69, 9.17) is 16.6 Å².